The lowest BCUT2D eigenvalue weighted by Gasteiger charge is -2.28. The molecule has 0 fully saturated rings. The van der Waals surface area contributed by atoms with Crippen molar-refractivity contribution < 1.29 is 57.4 Å². The van der Waals surface area contributed by atoms with E-state index in [2.05, 4.69) is 93.7 Å². The van der Waals surface area contributed by atoms with Crippen molar-refractivity contribution in [3.8, 4) is 23.0 Å². The monoisotopic (exact) mass is 1250 g/mol. The Bertz CT molecular complexity index is 3220. The van der Waals surface area contributed by atoms with Crippen LogP contribution in [0.1, 0.15) is 119 Å². The molecule has 6 aromatic rings. The second-order valence-corrected chi connectivity index (χ2v) is 28.4. The number of nitrogens with zero attached hydrogens (tertiary/aromatic N) is 2. The molecule has 0 unspecified atom stereocenters. The molecular weight excluding hydrogens is 1180 g/mol. The molecule has 2 amide bonds. The van der Waals surface area contributed by atoms with E-state index in [1.807, 2.05) is 48.5 Å². The van der Waals surface area contributed by atoms with Crippen LogP contribution in [0.15, 0.2) is 136 Å². The third kappa shape index (κ3) is 17.4. The number of esters is 2. The van der Waals surface area contributed by atoms with Gasteiger partial charge >= 0.3 is 11.9 Å². The summed E-state index contributed by atoms with van der Waals surface area (Å²) in [5.74, 6) is -1.07. The third-order valence-electron chi connectivity index (χ3n) is 13.1. The van der Waals surface area contributed by atoms with Crippen molar-refractivity contribution in [1.82, 2.24) is 0 Å². The smallest absolute Gasteiger partial charge is 0.344 e. The van der Waals surface area contributed by atoms with E-state index in [4.69, 9.17) is 28.4 Å². The largest absolute Gasteiger partial charge is 0.481 e. The standard InChI is InChI=1S/C64H72N4O14S4/c1-15-77-55(71)35-81-59-49-29-39(63(9,10)11)30-50(59)84-46-26-38(62(6,7)8)28-48(58(46)80-34-54(70)66-42-19-23-44(24-20-42)68(75)76)86-52-32-40(64(12,13)14)31-51(60(52)82-36-56(72)78-16-2)85-47-27-37(61(3,4)5)25-45(83-49)57(47)79-33-53(69)65-41-17-21-43(22-18-41)67(73)74/h17-32H,15-16,33-36H2,1-14H3,(H,65,69)(H,66,70). The Morgan fingerprint density at radius 3 is 0.814 bits per heavy atom. The number of amides is 2. The van der Waals surface area contributed by atoms with Crippen LogP contribution in [0.25, 0.3) is 0 Å². The number of nitro benzene ring substituents is 2. The van der Waals surface area contributed by atoms with E-state index in [0.29, 0.717) is 73.5 Å². The lowest BCUT2D eigenvalue weighted by atomic mass is 9.87. The lowest BCUT2D eigenvalue weighted by molar-refractivity contribution is -0.385. The van der Waals surface area contributed by atoms with Crippen LogP contribution in [0.2, 0.25) is 0 Å². The maximum Gasteiger partial charge on any atom is 0.344 e. The summed E-state index contributed by atoms with van der Waals surface area (Å²) in [4.78, 5) is 81.2. The second kappa shape index (κ2) is 27.5. The molecule has 456 valence electrons. The van der Waals surface area contributed by atoms with Gasteiger partial charge in [0.05, 0.1) is 62.2 Å². The average molecular weight is 1250 g/mol. The average Bonchev–Trinajstić information content (AvgIpc) is 0.852. The number of benzene rings is 6. The molecule has 0 aromatic heterocycles. The zero-order chi connectivity index (χ0) is 63.1. The minimum absolute atomic E-state index is 0.111. The SMILES string of the molecule is CCOC(=O)COc1c2cc(C(C)(C)C)cc1Sc1cc(C(C)(C)C)cc(c1OCC(=O)Nc1ccc([N+](=O)[O-])cc1)Sc1cc(C(C)(C)C)cc(c1OCC(=O)OCC)Sc1cc(C(C)(C)C)cc(c1OCC(=O)Nc1ccc([N+](=O)[O-])cc1)S2. The van der Waals surface area contributed by atoms with Crippen LogP contribution >= 0.6 is 47.0 Å². The van der Waals surface area contributed by atoms with E-state index in [1.54, 1.807) is 13.8 Å². The van der Waals surface area contributed by atoms with E-state index < -0.39 is 81.7 Å². The van der Waals surface area contributed by atoms with Gasteiger partial charge in [-0.3, -0.25) is 29.8 Å². The molecule has 0 spiro atoms. The molecule has 2 N–H and O–H groups in total. The molecule has 7 rings (SSSR count). The minimum Gasteiger partial charge on any atom is -0.481 e. The Kier molecular flexibility index (Phi) is 21.2. The number of ether oxygens (including phenoxy) is 6. The number of nitrogens with one attached hydrogen (secondary N) is 2. The number of hydrogen-bond donors (Lipinski definition) is 2. The molecule has 22 heteroatoms. The summed E-state index contributed by atoms with van der Waals surface area (Å²) in [5, 5.41) is 28.5. The summed E-state index contributed by atoms with van der Waals surface area (Å²) in [6.07, 6.45) is 0. The summed E-state index contributed by atoms with van der Waals surface area (Å²) in [5.41, 5.74) is 1.99. The number of non-ortho nitro benzene ring substituents is 2. The first-order chi connectivity index (χ1) is 40.3. The normalized spacial score (nSPS) is 12.5. The number of rotatable bonds is 18. The minimum atomic E-state index is -0.605. The summed E-state index contributed by atoms with van der Waals surface area (Å²) >= 11 is 5.23. The molecule has 0 radical (unpaired) electrons. The van der Waals surface area contributed by atoms with E-state index in [9.17, 15) is 39.4 Å². The first-order valence-corrected chi connectivity index (χ1v) is 30.9. The van der Waals surface area contributed by atoms with Crippen LogP contribution in [0.5, 0.6) is 23.0 Å². The van der Waals surface area contributed by atoms with Gasteiger partial charge in [0.2, 0.25) is 0 Å². The molecule has 0 saturated heterocycles. The first-order valence-electron chi connectivity index (χ1n) is 27.7. The van der Waals surface area contributed by atoms with Gasteiger partial charge in [0, 0.05) is 35.6 Å². The van der Waals surface area contributed by atoms with Gasteiger partial charge in [-0.2, -0.15) is 0 Å². The molecule has 1 aliphatic heterocycles. The van der Waals surface area contributed by atoms with Crippen LogP contribution in [0.4, 0.5) is 22.7 Å². The highest BCUT2D eigenvalue weighted by Crippen LogP contribution is 2.56. The van der Waals surface area contributed by atoms with E-state index in [-0.39, 0.29) is 24.6 Å². The quantitative estimate of drug-likeness (QED) is 0.0462. The topological polar surface area (TPSA) is 234 Å². The highest BCUT2D eigenvalue weighted by molar-refractivity contribution is 8.01. The van der Waals surface area contributed by atoms with Crippen molar-refractivity contribution in [1.29, 1.82) is 0 Å². The van der Waals surface area contributed by atoms with Gasteiger partial charge in [-0.15, -0.1) is 0 Å². The Morgan fingerprint density at radius 2 is 0.616 bits per heavy atom. The van der Waals surface area contributed by atoms with E-state index in [0.717, 1.165) is 22.3 Å². The maximum absolute atomic E-state index is 14.0. The molecule has 8 bridgehead atoms. The highest BCUT2D eigenvalue weighted by Gasteiger charge is 2.32. The number of anilines is 2. The van der Waals surface area contributed by atoms with Gasteiger partial charge in [0.25, 0.3) is 23.2 Å². The fraction of sp³-hybridized carbons (Fsp3) is 0.375. The molecular formula is C64H72N4O14S4. The van der Waals surface area contributed by atoms with Gasteiger partial charge in [-0.25, -0.2) is 9.59 Å². The number of carbonyl (C=O) groups is 4. The van der Waals surface area contributed by atoms with Crippen LogP contribution in [-0.4, -0.2) is 73.2 Å². The molecule has 0 aliphatic carbocycles. The lowest BCUT2D eigenvalue weighted by Crippen LogP contribution is -2.21. The Morgan fingerprint density at radius 1 is 0.395 bits per heavy atom. The van der Waals surface area contributed by atoms with Crippen molar-refractivity contribution in [3.63, 3.8) is 0 Å². The molecule has 1 aliphatic rings. The summed E-state index contributed by atoms with van der Waals surface area (Å²) in [6, 6.07) is 27.0. The fourth-order valence-corrected chi connectivity index (χ4v) is 13.1. The Labute approximate surface area is 518 Å². The summed E-state index contributed by atoms with van der Waals surface area (Å²) < 4.78 is 37.7. The summed E-state index contributed by atoms with van der Waals surface area (Å²) in [7, 11) is 0. The van der Waals surface area contributed by atoms with Gasteiger partial charge in [-0.05, 0) is 131 Å². The van der Waals surface area contributed by atoms with E-state index in [1.165, 1.54) is 95.6 Å². The van der Waals surface area contributed by atoms with Crippen LogP contribution in [0, 0.1) is 20.2 Å². The zero-order valence-electron chi connectivity index (χ0n) is 50.7. The highest BCUT2D eigenvalue weighted by atomic mass is 32.2. The van der Waals surface area contributed by atoms with Gasteiger partial charge in [-0.1, -0.05) is 130 Å². The van der Waals surface area contributed by atoms with Crippen LogP contribution in [0.3, 0.4) is 0 Å². The molecule has 1 heterocycles. The zero-order valence-corrected chi connectivity index (χ0v) is 54.0. The molecule has 6 aromatic carbocycles. The second-order valence-electron chi connectivity index (χ2n) is 24.1. The van der Waals surface area contributed by atoms with Crippen molar-refractivity contribution in [2.45, 2.75) is 158 Å². The van der Waals surface area contributed by atoms with Crippen molar-refractivity contribution in [2.75, 3.05) is 50.3 Å². The van der Waals surface area contributed by atoms with Gasteiger partial charge in [0.1, 0.15) is 23.0 Å². The van der Waals surface area contributed by atoms with Crippen LogP contribution in [-0.2, 0) is 50.3 Å². The predicted octanol–water partition coefficient (Wildman–Crippen LogP) is 15.5. The molecule has 0 saturated carbocycles. The van der Waals surface area contributed by atoms with Crippen molar-refractivity contribution in [2.24, 2.45) is 0 Å². The number of carbonyl (C=O) groups excluding carboxylic acids is 4. The predicted molar refractivity (Wildman–Crippen MR) is 336 cm³/mol. The third-order valence-corrected chi connectivity index (χ3v) is 17.3. The van der Waals surface area contributed by atoms with Crippen molar-refractivity contribution in [3.05, 3.63) is 140 Å². The number of nitro groups is 2. The van der Waals surface area contributed by atoms with Gasteiger partial charge < -0.3 is 39.1 Å². The first kappa shape index (κ1) is 66.1. The van der Waals surface area contributed by atoms with E-state index >= 15 is 0 Å². The van der Waals surface area contributed by atoms with Crippen LogP contribution < -0.4 is 29.6 Å². The Balaban J connectivity index is 1.56. The maximum atomic E-state index is 14.0. The molecule has 86 heavy (non-hydrogen) atoms. The molecule has 0 atom stereocenters. The number of hydrogen-bond acceptors (Lipinski definition) is 18. The van der Waals surface area contributed by atoms with Crippen molar-refractivity contribution >= 4 is 93.6 Å². The van der Waals surface area contributed by atoms with Gasteiger partial charge in [0.15, 0.2) is 26.4 Å². The number of fused-ring (bicyclic) bond motifs is 8. The molecule has 18 nitrogen and oxygen atoms in total. The Hall–Kier alpha value is -7.40. The fourth-order valence-electron chi connectivity index (χ4n) is 8.36. The summed E-state index contributed by atoms with van der Waals surface area (Å²) in [6.45, 7) is 26.7.